The van der Waals surface area contributed by atoms with E-state index in [1.165, 1.54) is 0 Å². The summed E-state index contributed by atoms with van der Waals surface area (Å²) >= 11 is 6.92. The van der Waals surface area contributed by atoms with Crippen molar-refractivity contribution in [2.24, 2.45) is 0 Å². The number of halogens is 2. The quantitative estimate of drug-likeness (QED) is 0.730. The summed E-state index contributed by atoms with van der Waals surface area (Å²) in [5, 5.41) is 2.89. The van der Waals surface area contributed by atoms with Gasteiger partial charge in [0.15, 0.2) is 0 Å². The highest BCUT2D eigenvalue weighted by molar-refractivity contribution is 9.11. The number of rotatable bonds is 2. The Labute approximate surface area is 139 Å². The molecule has 3 rings (SSSR count). The molecule has 0 saturated carbocycles. The molecule has 1 N–H and O–H groups in total. The molecule has 1 amide bonds. The predicted molar refractivity (Wildman–Crippen MR) is 91.3 cm³/mol. The van der Waals surface area contributed by atoms with Crippen molar-refractivity contribution in [1.82, 2.24) is 0 Å². The van der Waals surface area contributed by atoms with E-state index in [1.54, 1.807) is 7.11 Å². The Bertz CT molecular complexity index is 752. The van der Waals surface area contributed by atoms with Gasteiger partial charge in [-0.15, -0.1) is 0 Å². The van der Waals surface area contributed by atoms with Gasteiger partial charge in [-0.25, -0.2) is 0 Å². The molecule has 0 aromatic heterocycles. The Morgan fingerprint density at radius 2 is 1.86 bits per heavy atom. The van der Waals surface area contributed by atoms with Crippen molar-refractivity contribution in [3.8, 4) is 5.75 Å². The molecule has 3 nitrogen and oxygen atoms in total. The molecule has 0 fully saturated rings. The minimum atomic E-state index is -0.0976. The largest absolute Gasteiger partial charge is 0.497 e. The van der Waals surface area contributed by atoms with Crippen molar-refractivity contribution in [2.75, 3.05) is 12.4 Å². The fourth-order valence-corrected chi connectivity index (χ4v) is 3.55. The Balaban J connectivity index is 2.07. The van der Waals surface area contributed by atoms with E-state index in [0.29, 0.717) is 5.57 Å². The van der Waals surface area contributed by atoms with Crippen molar-refractivity contribution in [1.29, 1.82) is 0 Å². The molecule has 1 aliphatic rings. The van der Waals surface area contributed by atoms with E-state index in [0.717, 1.165) is 31.5 Å². The lowest BCUT2D eigenvalue weighted by Gasteiger charge is -2.03. The zero-order valence-corrected chi connectivity index (χ0v) is 14.3. The monoisotopic (exact) mass is 407 g/mol. The van der Waals surface area contributed by atoms with Crippen LogP contribution in [-0.4, -0.2) is 13.0 Å². The summed E-state index contributed by atoms with van der Waals surface area (Å²) in [5.41, 5.74) is 3.29. The van der Waals surface area contributed by atoms with Crippen LogP contribution < -0.4 is 10.1 Å². The Morgan fingerprint density at radius 1 is 1.14 bits per heavy atom. The third-order valence-corrected chi connectivity index (χ3v) is 4.34. The second kappa shape index (κ2) is 5.66. The number of nitrogens with one attached hydrogen (secondary N) is 1. The highest BCUT2D eigenvalue weighted by Gasteiger charge is 2.26. The molecule has 0 aliphatic carbocycles. The highest BCUT2D eigenvalue weighted by Crippen LogP contribution is 2.40. The van der Waals surface area contributed by atoms with Crippen LogP contribution in [0.4, 0.5) is 5.69 Å². The van der Waals surface area contributed by atoms with Gasteiger partial charge in [0.2, 0.25) is 0 Å². The van der Waals surface area contributed by atoms with Crippen LogP contribution in [0.3, 0.4) is 0 Å². The second-order valence-corrected chi connectivity index (χ2v) is 6.37. The first kappa shape index (κ1) is 14.4. The number of hydrogen-bond donors (Lipinski definition) is 1. The first-order chi connectivity index (χ1) is 10.1. The van der Waals surface area contributed by atoms with Gasteiger partial charge in [-0.1, -0.05) is 28.1 Å². The van der Waals surface area contributed by atoms with Crippen LogP contribution in [0.1, 0.15) is 11.1 Å². The van der Waals surface area contributed by atoms with E-state index in [-0.39, 0.29) is 5.91 Å². The van der Waals surface area contributed by atoms with E-state index >= 15 is 0 Å². The minimum absolute atomic E-state index is 0.0976. The fourth-order valence-electron chi connectivity index (χ4n) is 2.23. The third-order valence-electron chi connectivity index (χ3n) is 3.26. The standard InChI is InChI=1S/C16H11Br2NO2/c1-21-11-4-2-9(3-5-11)6-13-12-7-10(17)8-14(18)15(12)19-16(13)20/h2-8H,1H3,(H,19,20). The maximum absolute atomic E-state index is 12.2. The van der Waals surface area contributed by atoms with Gasteiger partial charge in [0, 0.05) is 20.1 Å². The van der Waals surface area contributed by atoms with Crippen molar-refractivity contribution >= 4 is 55.1 Å². The number of anilines is 1. The summed E-state index contributed by atoms with van der Waals surface area (Å²) < 4.78 is 6.92. The van der Waals surface area contributed by atoms with E-state index in [9.17, 15) is 4.79 Å². The predicted octanol–water partition coefficient (Wildman–Crippen LogP) is 4.71. The summed E-state index contributed by atoms with van der Waals surface area (Å²) in [6.07, 6.45) is 1.87. The molecule has 2 aromatic carbocycles. The molecule has 0 bridgehead atoms. The van der Waals surface area contributed by atoms with E-state index < -0.39 is 0 Å². The van der Waals surface area contributed by atoms with Gasteiger partial charge < -0.3 is 10.1 Å². The molecular weight excluding hydrogens is 398 g/mol. The van der Waals surface area contributed by atoms with Gasteiger partial charge in [-0.2, -0.15) is 0 Å². The average molecular weight is 409 g/mol. The van der Waals surface area contributed by atoms with Crippen LogP contribution in [0.15, 0.2) is 45.3 Å². The molecule has 2 aromatic rings. The van der Waals surface area contributed by atoms with Crippen LogP contribution in [0.2, 0.25) is 0 Å². The molecule has 0 unspecified atom stereocenters. The van der Waals surface area contributed by atoms with Crippen LogP contribution in [0.25, 0.3) is 11.6 Å². The van der Waals surface area contributed by atoms with Crippen LogP contribution in [0, 0.1) is 0 Å². The number of amides is 1. The van der Waals surface area contributed by atoms with Crippen molar-refractivity contribution < 1.29 is 9.53 Å². The first-order valence-electron chi connectivity index (χ1n) is 6.25. The molecule has 5 heteroatoms. The number of ether oxygens (including phenoxy) is 1. The van der Waals surface area contributed by atoms with E-state index in [1.807, 2.05) is 42.5 Å². The number of carbonyl (C=O) groups is 1. The smallest absolute Gasteiger partial charge is 0.256 e. The Hall–Kier alpha value is -1.59. The maximum atomic E-state index is 12.2. The SMILES string of the molecule is COc1ccc(C=C2C(=O)Nc3c(Br)cc(Br)cc32)cc1. The molecule has 0 atom stereocenters. The van der Waals surface area contributed by atoms with Crippen molar-refractivity contribution in [3.05, 3.63) is 56.5 Å². The topological polar surface area (TPSA) is 38.3 Å². The minimum Gasteiger partial charge on any atom is -0.497 e. The summed E-state index contributed by atoms with van der Waals surface area (Å²) in [6, 6.07) is 11.4. The maximum Gasteiger partial charge on any atom is 0.256 e. The zero-order chi connectivity index (χ0) is 15.0. The van der Waals surface area contributed by atoms with Crippen molar-refractivity contribution in [2.45, 2.75) is 0 Å². The summed E-state index contributed by atoms with van der Waals surface area (Å²) in [5.74, 6) is 0.693. The van der Waals surface area contributed by atoms with Crippen LogP contribution >= 0.6 is 31.9 Å². The number of fused-ring (bicyclic) bond motifs is 1. The summed E-state index contributed by atoms with van der Waals surface area (Å²) in [6.45, 7) is 0. The Morgan fingerprint density at radius 3 is 2.52 bits per heavy atom. The van der Waals surface area contributed by atoms with E-state index in [4.69, 9.17) is 4.74 Å². The molecule has 106 valence electrons. The number of methoxy groups -OCH3 is 1. The van der Waals surface area contributed by atoms with Gasteiger partial charge >= 0.3 is 0 Å². The van der Waals surface area contributed by atoms with Gasteiger partial charge in [0.1, 0.15) is 5.75 Å². The lowest BCUT2D eigenvalue weighted by Crippen LogP contribution is -2.03. The number of hydrogen-bond acceptors (Lipinski definition) is 2. The molecule has 0 radical (unpaired) electrons. The Kier molecular flexibility index (Phi) is 3.87. The van der Waals surface area contributed by atoms with Crippen molar-refractivity contribution in [3.63, 3.8) is 0 Å². The second-order valence-electron chi connectivity index (χ2n) is 4.60. The van der Waals surface area contributed by atoms with Gasteiger partial charge in [0.05, 0.1) is 12.8 Å². The molecule has 21 heavy (non-hydrogen) atoms. The highest BCUT2D eigenvalue weighted by atomic mass is 79.9. The van der Waals surface area contributed by atoms with E-state index in [2.05, 4.69) is 37.2 Å². The summed E-state index contributed by atoms with van der Waals surface area (Å²) in [7, 11) is 1.63. The normalized spacial score (nSPS) is 15.0. The lowest BCUT2D eigenvalue weighted by molar-refractivity contribution is -0.110. The molecule has 0 saturated heterocycles. The number of benzene rings is 2. The molecule has 1 aliphatic heterocycles. The summed E-state index contributed by atoms with van der Waals surface area (Å²) in [4.78, 5) is 12.2. The number of carbonyl (C=O) groups excluding carboxylic acids is 1. The van der Waals surface area contributed by atoms with Crippen LogP contribution in [0.5, 0.6) is 5.75 Å². The molecular formula is C16H11Br2NO2. The fraction of sp³-hybridized carbons (Fsp3) is 0.0625. The van der Waals surface area contributed by atoms with Gasteiger partial charge in [-0.05, 0) is 51.8 Å². The molecule has 0 spiro atoms. The van der Waals surface area contributed by atoms with Gasteiger partial charge in [-0.3, -0.25) is 4.79 Å². The zero-order valence-electron chi connectivity index (χ0n) is 11.1. The first-order valence-corrected chi connectivity index (χ1v) is 7.83. The van der Waals surface area contributed by atoms with Gasteiger partial charge in [0.25, 0.3) is 5.91 Å². The average Bonchev–Trinajstić information content (AvgIpc) is 2.77. The lowest BCUT2D eigenvalue weighted by atomic mass is 10.0. The van der Waals surface area contributed by atoms with Crippen LogP contribution in [-0.2, 0) is 4.79 Å². The third kappa shape index (κ3) is 2.76. The molecule has 1 heterocycles.